The van der Waals surface area contributed by atoms with Gasteiger partial charge in [-0.15, -0.1) is 10.1 Å². The van der Waals surface area contributed by atoms with E-state index < -0.39 is 93.5 Å². The first-order valence-electron chi connectivity index (χ1n) is 9.83. The molecule has 0 fully saturated rings. The van der Waals surface area contributed by atoms with E-state index in [1.54, 1.807) is 0 Å². The molecule has 1 aromatic carbocycles. The molecule has 2 rings (SSSR count). The van der Waals surface area contributed by atoms with Gasteiger partial charge >= 0.3 is 28.5 Å². The molecule has 1 unspecified atom stereocenters. The molecule has 1 aromatic rings. The van der Waals surface area contributed by atoms with Gasteiger partial charge < -0.3 is 23.8 Å². The molecule has 1 atom stereocenters. The number of benzene rings is 1. The van der Waals surface area contributed by atoms with Gasteiger partial charge in [-0.25, -0.2) is 9.59 Å². The first-order chi connectivity index (χ1) is 16.7. The SMILES string of the molecule is CCc1cc(S(F)(F)(F)(F)F)cc2c1OC(C(F)(F)F)C(C(=O)OCOC(=O)OCCCO[N+](=O)[O-])=C2. The lowest BCUT2D eigenvalue weighted by molar-refractivity contribution is -0.757. The maximum absolute atomic E-state index is 13.5. The Bertz CT molecular complexity index is 1110. The van der Waals surface area contributed by atoms with Crippen LogP contribution in [-0.2, 0) is 30.3 Å². The minimum atomic E-state index is -10.3. The summed E-state index contributed by atoms with van der Waals surface area (Å²) >= 11 is 0. The summed E-state index contributed by atoms with van der Waals surface area (Å²) in [4.78, 5) is 35.0. The molecule has 37 heavy (non-hydrogen) atoms. The summed E-state index contributed by atoms with van der Waals surface area (Å²) in [6, 6.07) is -0.166. The Hall–Kier alpha value is -3.51. The van der Waals surface area contributed by atoms with Gasteiger partial charge in [0.15, 0.2) is 0 Å². The largest absolute Gasteiger partial charge is 0.511 e. The average molecular weight is 575 g/mol. The van der Waals surface area contributed by atoms with Crippen molar-refractivity contribution in [2.24, 2.45) is 0 Å². The molecular weight excluding hydrogens is 558 g/mol. The summed E-state index contributed by atoms with van der Waals surface area (Å²) in [5.41, 5.74) is -2.91. The fraction of sp³-hybridized carbons (Fsp3) is 0.444. The lowest BCUT2D eigenvalue weighted by atomic mass is 9.98. The van der Waals surface area contributed by atoms with E-state index in [4.69, 9.17) is 4.74 Å². The zero-order chi connectivity index (χ0) is 28.3. The Labute approximate surface area is 201 Å². The third kappa shape index (κ3) is 8.25. The van der Waals surface area contributed by atoms with Crippen molar-refractivity contribution in [3.8, 4) is 5.75 Å². The smallest absolute Gasteiger partial charge is 0.475 e. The van der Waals surface area contributed by atoms with Gasteiger partial charge in [0.05, 0.1) is 18.8 Å². The van der Waals surface area contributed by atoms with Gasteiger partial charge in [0.2, 0.25) is 12.9 Å². The maximum Gasteiger partial charge on any atom is 0.511 e. The van der Waals surface area contributed by atoms with Crippen LogP contribution in [0.4, 0.5) is 37.4 Å². The van der Waals surface area contributed by atoms with Crippen LogP contribution < -0.4 is 4.74 Å². The number of aryl methyl sites for hydroxylation is 1. The van der Waals surface area contributed by atoms with Crippen molar-refractivity contribution in [2.75, 3.05) is 20.0 Å². The highest BCUT2D eigenvalue weighted by molar-refractivity contribution is 8.45. The number of carbonyl (C=O) groups is 2. The van der Waals surface area contributed by atoms with Gasteiger partial charge in [0.1, 0.15) is 10.6 Å². The van der Waals surface area contributed by atoms with Crippen LogP contribution >= 0.6 is 10.2 Å². The highest BCUT2D eigenvalue weighted by Gasteiger charge is 2.66. The van der Waals surface area contributed by atoms with Crippen LogP contribution in [0.3, 0.4) is 0 Å². The van der Waals surface area contributed by atoms with Gasteiger partial charge in [-0.1, -0.05) is 26.4 Å². The summed E-state index contributed by atoms with van der Waals surface area (Å²) in [7, 11) is -10.3. The second-order valence-corrected chi connectivity index (χ2v) is 9.57. The normalized spacial score (nSPS) is 17.2. The highest BCUT2D eigenvalue weighted by atomic mass is 32.5. The second kappa shape index (κ2) is 9.75. The Morgan fingerprint density at radius 1 is 1.08 bits per heavy atom. The molecule has 0 aliphatic carbocycles. The number of esters is 1. The molecule has 1 heterocycles. The molecule has 0 radical (unpaired) electrons. The number of alkyl halides is 3. The molecule has 10 nitrogen and oxygen atoms in total. The van der Waals surface area contributed by atoms with Crippen LogP contribution in [0.1, 0.15) is 24.5 Å². The molecule has 0 saturated carbocycles. The summed E-state index contributed by atoms with van der Waals surface area (Å²) in [6.07, 6.45) is -10.1. The van der Waals surface area contributed by atoms with Gasteiger partial charge in [0, 0.05) is 12.0 Å². The van der Waals surface area contributed by atoms with Crippen LogP contribution in [0.15, 0.2) is 22.6 Å². The van der Waals surface area contributed by atoms with E-state index in [1.165, 1.54) is 6.92 Å². The molecule has 1 aliphatic rings. The number of ether oxygens (including phenoxy) is 4. The number of hydrogen-bond donors (Lipinski definition) is 0. The van der Waals surface area contributed by atoms with Crippen molar-refractivity contribution in [2.45, 2.75) is 36.9 Å². The second-order valence-electron chi connectivity index (χ2n) is 7.17. The monoisotopic (exact) mass is 575 g/mol. The van der Waals surface area contributed by atoms with E-state index in [9.17, 15) is 52.3 Å². The van der Waals surface area contributed by atoms with Crippen molar-refractivity contribution in [3.05, 3.63) is 38.9 Å². The highest BCUT2D eigenvalue weighted by Crippen LogP contribution is 3.02. The van der Waals surface area contributed by atoms with Crippen molar-refractivity contribution >= 4 is 28.4 Å². The molecule has 19 heteroatoms. The van der Waals surface area contributed by atoms with Crippen molar-refractivity contribution in [1.82, 2.24) is 0 Å². The average Bonchev–Trinajstić information content (AvgIpc) is 2.74. The molecular formula is C18H17F8NO9S. The van der Waals surface area contributed by atoms with Crippen LogP contribution in [-0.4, -0.2) is 49.5 Å². The first kappa shape index (κ1) is 29.7. The van der Waals surface area contributed by atoms with E-state index in [0.717, 1.165) is 0 Å². The molecule has 0 saturated heterocycles. The predicted octanol–water partition coefficient (Wildman–Crippen LogP) is 5.87. The van der Waals surface area contributed by atoms with E-state index in [-0.39, 0.29) is 24.6 Å². The number of carbonyl (C=O) groups excluding carboxylic acids is 2. The van der Waals surface area contributed by atoms with Crippen molar-refractivity contribution in [1.29, 1.82) is 0 Å². The zero-order valence-corrected chi connectivity index (χ0v) is 19.2. The fourth-order valence-electron chi connectivity index (χ4n) is 2.86. The van der Waals surface area contributed by atoms with Gasteiger partial charge in [0.25, 0.3) is 5.09 Å². The molecule has 210 valence electrons. The van der Waals surface area contributed by atoms with Crippen LogP contribution in [0.25, 0.3) is 6.08 Å². The van der Waals surface area contributed by atoms with E-state index in [0.29, 0.717) is 0 Å². The molecule has 0 N–H and O–H groups in total. The third-order valence-corrected chi connectivity index (χ3v) is 5.56. The number of hydrogen-bond acceptors (Lipinski definition) is 9. The molecule has 0 aromatic heterocycles. The van der Waals surface area contributed by atoms with Crippen LogP contribution in [0, 0.1) is 10.1 Å². The number of nitrogens with zero attached hydrogens (tertiary/aromatic N) is 1. The van der Waals surface area contributed by atoms with E-state index in [1.807, 2.05) is 0 Å². The standard InChI is InChI=1S/C18H17F8NO9S/c1-2-10-6-12(37(22,23,24,25)26)7-11-8-13(15(18(19,20)21)36-14(10)11)16(28)33-9-34-17(29)32-4-3-5-35-27(30)31/h6-8,15H,2-5,9H2,1H3. The number of rotatable bonds is 10. The molecule has 0 bridgehead atoms. The van der Waals surface area contributed by atoms with Crippen LogP contribution in [0.5, 0.6) is 5.75 Å². The van der Waals surface area contributed by atoms with Crippen molar-refractivity contribution < 1.29 is 71.1 Å². The Kier molecular flexibility index (Phi) is 7.83. The lowest BCUT2D eigenvalue weighted by Crippen LogP contribution is -2.41. The van der Waals surface area contributed by atoms with E-state index >= 15 is 0 Å². The van der Waals surface area contributed by atoms with E-state index in [2.05, 4.69) is 19.0 Å². The Morgan fingerprint density at radius 2 is 1.73 bits per heavy atom. The molecule has 1 aliphatic heterocycles. The topological polar surface area (TPSA) is 123 Å². The number of halogens is 8. The van der Waals surface area contributed by atoms with Gasteiger partial charge in [-0.05, 0) is 30.2 Å². The Morgan fingerprint density at radius 3 is 2.27 bits per heavy atom. The summed E-state index contributed by atoms with van der Waals surface area (Å²) in [5.74, 6) is -2.64. The zero-order valence-electron chi connectivity index (χ0n) is 18.4. The third-order valence-electron chi connectivity index (χ3n) is 4.43. The van der Waals surface area contributed by atoms with Gasteiger partial charge in [-0.2, -0.15) is 13.2 Å². The molecule has 0 spiro atoms. The molecule has 0 amide bonds. The number of fused-ring (bicyclic) bond motifs is 1. The predicted molar refractivity (Wildman–Crippen MR) is 107 cm³/mol. The fourth-order valence-corrected chi connectivity index (χ4v) is 3.58. The van der Waals surface area contributed by atoms with Crippen LogP contribution in [0.2, 0.25) is 0 Å². The van der Waals surface area contributed by atoms with Gasteiger partial charge in [-0.3, -0.25) is 0 Å². The first-order valence-corrected chi connectivity index (χ1v) is 11.8. The quantitative estimate of drug-likeness (QED) is 0.0842. The minimum Gasteiger partial charge on any atom is -0.475 e. The summed E-state index contributed by atoms with van der Waals surface area (Å²) in [5, 5.41) is 8.84. The van der Waals surface area contributed by atoms with Crippen molar-refractivity contribution in [3.63, 3.8) is 0 Å². The maximum atomic E-state index is 13.5. The Balaban J connectivity index is 2.22. The minimum absolute atomic E-state index is 0.0199. The summed E-state index contributed by atoms with van der Waals surface area (Å²) < 4.78 is 125. The summed E-state index contributed by atoms with van der Waals surface area (Å²) in [6.45, 7) is -1.01. The lowest BCUT2D eigenvalue weighted by Gasteiger charge is -2.41.